The van der Waals surface area contributed by atoms with Crippen molar-refractivity contribution in [3.8, 4) is 0 Å². The molecule has 6 heteroatoms. The largest absolute Gasteiger partial charge is 0.462 e. The zero-order chi connectivity index (χ0) is 49.3. The topological polar surface area (TPSA) is 78.9 Å². The van der Waals surface area contributed by atoms with Crippen LogP contribution in [0.3, 0.4) is 0 Å². The third kappa shape index (κ3) is 52.8. The summed E-state index contributed by atoms with van der Waals surface area (Å²) >= 11 is 0. The highest BCUT2D eigenvalue weighted by Crippen LogP contribution is 2.13. The van der Waals surface area contributed by atoms with Gasteiger partial charge in [0.1, 0.15) is 13.2 Å². The van der Waals surface area contributed by atoms with Crippen LogP contribution in [0.25, 0.3) is 0 Å². The summed E-state index contributed by atoms with van der Waals surface area (Å²) in [5.41, 5.74) is 0. The molecule has 0 aliphatic carbocycles. The molecule has 0 radical (unpaired) electrons. The third-order valence-corrected chi connectivity index (χ3v) is 11.2. The Kier molecular flexibility index (Phi) is 52.0. The molecule has 1 unspecified atom stereocenters. The highest BCUT2D eigenvalue weighted by Gasteiger charge is 2.19. The molecule has 0 aliphatic rings. The molecule has 0 aromatic heterocycles. The van der Waals surface area contributed by atoms with Crippen molar-refractivity contribution in [3.63, 3.8) is 0 Å². The van der Waals surface area contributed by atoms with E-state index >= 15 is 0 Å². The van der Waals surface area contributed by atoms with Gasteiger partial charge in [-0.3, -0.25) is 14.4 Å². The van der Waals surface area contributed by atoms with Crippen molar-refractivity contribution in [1.29, 1.82) is 0 Å². The molecule has 68 heavy (non-hydrogen) atoms. The predicted molar refractivity (Wildman–Crippen MR) is 293 cm³/mol. The predicted octanol–water partition coefficient (Wildman–Crippen LogP) is 18.5. The number of hydrogen-bond acceptors (Lipinski definition) is 6. The Morgan fingerprint density at radius 3 is 0.897 bits per heavy atom. The maximum atomic E-state index is 12.8. The van der Waals surface area contributed by atoms with E-state index in [9.17, 15) is 14.4 Å². The molecule has 0 heterocycles. The van der Waals surface area contributed by atoms with E-state index < -0.39 is 6.10 Å². The van der Waals surface area contributed by atoms with Crippen LogP contribution in [0.15, 0.2) is 122 Å². The van der Waals surface area contributed by atoms with Crippen molar-refractivity contribution in [2.24, 2.45) is 0 Å². The molecule has 0 bridgehead atoms. The van der Waals surface area contributed by atoms with Gasteiger partial charge in [0.25, 0.3) is 0 Å². The lowest BCUT2D eigenvalue weighted by molar-refractivity contribution is -0.167. The normalized spacial score (nSPS) is 13.0. The molecule has 0 aromatic carbocycles. The molecule has 384 valence electrons. The van der Waals surface area contributed by atoms with Crippen molar-refractivity contribution in [2.75, 3.05) is 13.2 Å². The molecular weight excluding hydrogens is 841 g/mol. The van der Waals surface area contributed by atoms with E-state index in [4.69, 9.17) is 14.2 Å². The first kappa shape index (κ1) is 63.8. The standard InChI is InChI=1S/C62H100O6/c1-4-7-10-13-16-18-20-22-24-26-27-28-29-30-31-32-33-34-35-37-38-40-42-44-46-49-52-55-61(64)67-58-59(57-66-60(63)54-51-48-15-12-9-6-3)68-62(65)56-53-50-47-45-43-41-39-36-25-23-21-19-17-14-11-8-5-2/h7-8,10-11,16-19,22-25,27-28,30-31,33-34,37-38,59H,4-6,9,12-15,20-21,26,29,32,35-36,39-58H2,1-3H3/b10-7-,11-8-,18-16-,19-17-,24-22-,25-23-,28-27-,31-30-,34-33-,38-37-. The van der Waals surface area contributed by atoms with Gasteiger partial charge in [-0.1, -0.05) is 226 Å². The number of allylic oxidation sites excluding steroid dienone is 20. The van der Waals surface area contributed by atoms with Crippen LogP contribution < -0.4 is 0 Å². The molecule has 0 aromatic rings. The van der Waals surface area contributed by atoms with Crippen LogP contribution in [0.4, 0.5) is 0 Å². The highest BCUT2D eigenvalue weighted by molar-refractivity contribution is 5.71. The summed E-state index contributed by atoms with van der Waals surface area (Å²) in [6, 6.07) is 0. The van der Waals surface area contributed by atoms with Crippen molar-refractivity contribution in [3.05, 3.63) is 122 Å². The molecule has 0 saturated heterocycles. The van der Waals surface area contributed by atoms with E-state index in [1.165, 1.54) is 44.9 Å². The maximum absolute atomic E-state index is 12.8. The molecule has 6 nitrogen and oxygen atoms in total. The number of hydrogen-bond donors (Lipinski definition) is 0. The summed E-state index contributed by atoms with van der Waals surface area (Å²) < 4.78 is 16.7. The van der Waals surface area contributed by atoms with Gasteiger partial charge in [-0.05, 0) is 109 Å². The lowest BCUT2D eigenvalue weighted by Gasteiger charge is -2.18. The van der Waals surface area contributed by atoms with Crippen molar-refractivity contribution >= 4 is 17.9 Å². The van der Waals surface area contributed by atoms with Crippen molar-refractivity contribution in [1.82, 2.24) is 0 Å². The Bertz CT molecular complexity index is 1450. The Morgan fingerprint density at radius 1 is 0.309 bits per heavy atom. The average Bonchev–Trinajstić information content (AvgIpc) is 3.34. The fraction of sp³-hybridized carbons (Fsp3) is 0.629. The SMILES string of the molecule is CC/C=C\C/C=C\C/C=C\C/C=C\C/C=C\C/C=C\C/C=C\CCCCCCCC(=O)OCC(COC(=O)CCCCCCCC)OC(=O)CCCCCCCCC/C=C\C/C=C\C/C=C\CC. The molecular formula is C62H100O6. The smallest absolute Gasteiger partial charge is 0.306 e. The highest BCUT2D eigenvalue weighted by atomic mass is 16.6. The molecule has 0 spiro atoms. The van der Waals surface area contributed by atoms with Crippen LogP contribution in [0.1, 0.15) is 233 Å². The van der Waals surface area contributed by atoms with Crippen LogP contribution in [-0.4, -0.2) is 37.2 Å². The van der Waals surface area contributed by atoms with Gasteiger partial charge in [-0.2, -0.15) is 0 Å². The number of esters is 3. The first-order valence-corrected chi connectivity index (χ1v) is 27.5. The van der Waals surface area contributed by atoms with E-state index in [2.05, 4.69) is 142 Å². The fourth-order valence-corrected chi connectivity index (χ4v) is 7.14. The maximum Gasteiger partial charge on any atom is 0.306 e. The molecule has 1 atom stereocenters. The van der Waals surface area contributed by atoms with E-state index in [0.717, 1.165) is 148 Å². The summed E-state index contributed by atoms with van der Waals surface area (Å²) in [5, 5.41) is 0. The van der Waals surface area contributed by atoms with Crippen LogP contribution in [0.2, 0.25) is 0 Å². The Hall–Kier alpha value is -4.19. The first-order valence-electron chi connectivity index (χ1n) is 27.5. The quantitative estimate of drug-likeness (QED) is 0.0262. The first-order chi connectivity index (χ1) is 33.5. The van der Waals surface area contributed by atoms with Gasteiger partial charge >= 0.3 is 17.9 Å². The van der Waals surface area contributed by atoms with E-state index in [1.54, 1.807) is 0 Å². The molecule has 0 aliphatic heterocycles. The summed E-state index contributed by atoms with van der Waals surface area (Å²) in [6.07, 6.45) is 76.4. The minimum absolute atomic E-state index is 0.0912. The van der Waals surface area contributed by atoms with E-state index in [0.29, 0.717) is 19.3 Å². The van der Waals surface area contributed by atoms with Crippen LogP contribution in [-0.2, 0) is 28.6 Å². The minimum Gasteiger partial charge on any atom is -0.462 e. The summed E-state index contributed by atoms with van der Waals surface area (Å²) in [4.78, 5) is 37.8. The van der Waals surface area contributed by atoms with Gasteiger partial charge in [0.05, 0.1) is 0 Å². The second-order valence-electron chi connectivity index (χ2n) is 17.7. The lowest BCUT2D eigenvalue weighted by Crippen LogP contribution is -2.30. The second-order valence-corrected chi connectivity index (χ2v) is 17.7. The minimum atomic E-state index is -0.791. The third-order valence-electron chi connectivity index (χ3n) is 11.2. The van der Waals surface area contributed by atoms with E-state index in [-0.39, 0.29) is 31.1 Å². The number of ether oxygens (including phenoxy) is 3. The number of carbonyl (C=O) groups is 3. The number of carbonyl (C=O) groups excluding carboxylic acids is 3. The molecule has 0 rings (SSSR count). The summed E-state index contributed by atoms with van der Waals surface area (Å²) in [6.45, 7) is 6.32. The number of unbranched alkanes of at least 4 members (excludes halogenated alkanes) is 17. The lowest BCUT2D eigenvalue weighted by atomic mass is 10.1. The van der Waals surface area contributed by atoms with Crippen LogP contribution >= 0.6 is 0 Å². The van der Waals surface area contributed by atoms with Gasteiger partial charge in [0.2, 0.25) is 0 Å². The molecule has 0 N–H and O–H groups in total. The fourth-order valence-electron chi connectivity index (χ4n) is 7.14. The zero-order valence-electron chi connectivity index (χ0n) is 43.8. The number of rotatable bonds is 48. The van der Waals surface area contributed by atoms with Crippen molar-refractivity contribution in [2.45, 2.75) is 239 Å². The van der Waals surface area contributed by atoms with Gasteiger partial charge in [0.15, 0.2) is 6.10 Å². The van der Waals surface area contributed by atoms with Crippen molar-refractivity contribution < 1.29 is 28.6 Å². The molecule has 0 fully saturated rings. The molecule has 0 amide bonds. The average molecular weight is 941 g/mol. The summed E-state index contributed by atoms with van der Waals surface area (Å²) in [5.74, 6) is -0.936. The second kappa shape index (κ2) is 55.4. The Labute approximate surface area is 418 Å². The molecule has 0 saturated carbocycles. The van der Waals surface area contributed by atoms with Gasteiger partial charge in [-0.25, -0.2) is 0 Å². The Balaban J connectivity index is 4.24. The van der Waals surface area contributed by atoms with Gasteiger partial charge in [0, 0.05) is 19.3 Å². The summed E-state index contributed by atoms with van der Waals surface area (Å²) in [7, 11) is 0. The van der Waals surface area contributed by atoms with Gasteiger partial charge in [-0.15, -0.1) is 0 Å². The van der Waals surface area contributed by atoms with E-state index in [1.807, 2.05) is 0 Å². The van der Waals surface area contributed by atoms with Gasteiger partial charge < -0.3 is 14.2 Å². The van der Waals surface area contributed by atoms with Crippen LogP contribution in [0, 0.1) is 0 Å². The van der Waals surface area contributed by atoms with Crippen LogP contribution in [0.5, 0.6) is 0 Å². The zero-order valence-corrected chi connectivity index (χ0v) is 43.8. The Morgan fingerprint density at radius 2 is 0.574 bits per heavy atom. The monoisotopic (exact) mass is 941 g/mol.